The van der Waals surface area contributed by atoms with Crippen LogP contribution in [0.3, 0.4) is 0 Å². The summed E-state index contributed by atoms with van der Waals surface area (Å²) in [5, 5.41) is 5.77. The fourth-order valence-electron chi connectivity index (χ4n) is 3.14. The fraction of sp³-hybridized carbons (Fsp3) is 0.444. The fourth-order valence-corrected chi connectivity index (χ4v) is 4.56. The van der Waals surface area contributed by atoms with Crippen molar-refractivity contribution >= 4 is 27.3 Å². The monoisotopic (exact) mass is 394 g/mol. The summed E-state index contributed by atoms with van der Waals surface area (Å²) in [5.41, 5.74) is 1.34. The van der Waals surface area contributed by atoms with Gasteiger partial charge in [0.05, 0.1) is 7.11 Å². The van der Waals surface area contributed by atoms with E-state index in [0.29, 0.717) is 6.04 Å². The van der Waals surface area contributed by atoms with Gasteiger partial charge in [0.1, 0.15) is 5.75 Å². The molecule has 5 heteroatoms. The van der Waals surface area contributed by atoms with Crippen molar-refractivity contribution in [3.05, 3.63) is 50.6 Å². The molecular weight excluding hydrogens is 372 g/mol. The van der Waals surface area contributed by atoms with Crippen molar-refractivity contribution in [3.63, 3.8) is 0 Å². The first-order valence-corrected chi connectivity index (χ1v) is 9.75. The van der Waals surface area contributed by atoms with E-state index in [0.717, 1.165) is 18.8 Å². The van der Waals surface area contributed by atoms with E-state index in [-0.39, 0.29) is 0 Å². The Morgan fingerprint density at radius 2 is 2.13 bits per heavy atom. The van der Waals surface area contributed by atoms with Gasteiger partial charge in [-0.3, -0.25) is 4.90 Å². The number of nitrogens with one attached hydrogen (secondary N) is 1. The molecule has 0 aliphatic carbocycles. The van der Waals surface area contributed by atoms with E-state index in [2.05, 4.69) is 55.8 Å². The minimum absolute atomic E-state index is 0.413. The summed E-state index contributed by atoms with van der Waals surface area (Å²) in [7, 11) is 1.73. The first-order chi connectivity index (χ1) is 11.3. The predicted molar refractivity (Wildman–Crippen MR) is 100 cm³/mol. The van der Waals surface area contributed by atoms with Gasteiger partial charge >= 0.3 is 0 Å². The number of ether oxygens (including phenoxy) is 1. The Labute approximate surface area is 150 Å². The van der Waals surface area contributed by atoms with Gasteiger partial charge in [0.15, 0.2) is 0 Å². The van der Waals surface area contributed by atoms with Crippen molar-refractivity contribution < 1.29 is 4.74 Å². The lowest BCUT2D eigenvalue weighted by Crippen LogP contribution is -2.33. The van der Waals surface area contributed by atoms with Crippen LogP contribution < -0.4 is 10.1 Å². The van der Waals surface area contributed by atoms with E-state index in [1.54, 1.807) is 18.4 Å². The maximum atomic E-state index is 5.40. The standard InChI is InChI=1S/C18H23BrN2OS/c1-22-16-6-4-5-14(9-16)18(21-7-2-3-8-21)12-20-11-17-10-15(19)13-23-17/h4-6,9-10,13,18,20H,2-3,7-8,11-12H2,1H3. The van der Waals surface area contributed by atoms with Crippen molar-refractivity contribution in [2.75, 3.05) is 26.7 Å². The predicted octanol–water partition coefficient (Wildman–Crippen LogP) is 4.45. The van der Waals surface area contributed by atoms with Crippen molar-refractivity contribution in [2.24, 2.45) is 0 Å². The quantitative estimate of drug-likeness (QED) is 0.750. The van der Waals surface area contributed by atoms with Gasteiger partial charge in [-0.25, -0.2) is 0 Å². The summed E-state index contributed by atoms with van der Waals surface area (Å²) < 4.78 is 6.57. The zero-order valence-corrected chi connectivity index (χ0v) is 15.8. The molecule has 1 saturated heterocycles. The van der Waals surface area contributed by atoms with Crippen LogP contribution in [-0.4, -0.2) is 31.6 Å². The molecule has 2 aromatic rings. The number of likely N-dealkylation sites (tertiary alicyclic amines) is 1. The van der Waals surface area contributed by atoms with Crippen LogP contribution in [0, 0.1) is 0 Å². The molecular formula is C18H23BrN2OS. The molecule has 0 saturated carbocycles. The van der Waals surface area contributed by atoms with Gasteiger partial charge in [0.25, 0.3) is 0 Å². The molecule has 1 aliphatic heterocycles. The Kier molecular flexibility index (Phi) is 6.11. The highest BCUT2D eigenvalue weighted by molar-refractivity contribution is 9.10. The number of methoxy groups -OCH3 is 1. The van der Waals surface area contributed by atoms with E-state index in [1.165, 1.54) is 40.8 Å². The molecule has 124 valence electrons. The third-order valence-electron chi connectivity index (χ3n) is 4.32. The number of hydrogen-bond acceptors (Lipinski definition) is 4. The smallest absolute Gasteiger partial charge is 0.119 e. The number of hydrogen-bond donors (Lipinski definition) is 1. The minimum atomic E-state index is 0.413. The summed E-state index contributed by atoms with van der Waals surface area (Å²) in [6, 6.07) is 11.1. The Hall–Kier alpha value is -0.880. The van der Waals surface area contributed by atoms with E-state index in [1.807, 2.05) is 6.07 Å². The minimum Gasteiger partial charge on any atom is -0.497 e. The highest BCUT2D eigenvalue weighted by Crippen LogP contribution is 2.27. The van der Waals surface area contributed by atoms with Crippen LogP contribution in [0.4, 0.5) is 0 Å². The molecule has 1 aromatic carbocycles. The molecule has 1 aliphatic rings. The van der Waals surface area contributed by atoms with Gasteiger partial charge in [-0.1, -0.05) is 12.1 Å². The van der Waals surface area contributed by atoms with Gasteiger partial charge in [-0.2, -0.15) is 0 Å². The van der Waals surface area contributed by atoms with Crippen LogP contribution in [0.2, 0.25) is 0 Å². The van der Waals surface area contributed by atoms with Gasteiger partial charge in [0, 0.05) is 33.9 Å². The van der Waals surface area contributed by atoms with E-state index >= 15 is 0 Å². The molecule has 3 rings (SSSR count). The molecule has 0 amide bonds. The van der Waals surface area contributed by atoms with Gasteiger partial charge in [-0.05, 0) is 65.6 Å². The van der Waals surface area contributed by atoms with Crippen LogP contribution in [-0.2, 0) is 6.54 Å². The van der Waals surface area contributed by atoms with Crippen molar-refractivity contribution in [1.82, 2.24) is 10.2 Å². The normalized spacial score (nSPS) is 16.6. The number of nitrogens with zero attached hydrogens (tertiary/aromatic N) is 1. The van der Waals surface area contributed by atoms with Crippen LogP contribution in [0.5, 0.6) is 5.75 Å². The summed E-state index contributed by atoms with van der Waals surface area (Å²) in [6.07, 6.45) is 2.61. The highest BCUT2D eigenvalue weighted by Gasteiger charge is 2.23. The Morgan fingerprint density at radius 3 is 2.83 bits per heavy atom. The molecule has 3 nitrogen and oxygen atoms in total. The molecule has 1 unspecified atom stereocenters. The van der Waals surface area contributed by atoms with E-state index in [9.17, 15) is 0 Å². The molecule has 1 N–H and O–H groups in total. The van der Waals surface area contributed by atoms with Crippen LogP contribution in [0.1, 0.15) is 29.3 Å². The number of rotatable bonds is 7. The molecule has 1 fully saturated rings. The van der Waals surface area contributed by atoms with Crippen LogP contribution in [0.25, 0.3) is 0 Å². The van der Waals surface area contributed by atoms with Gasteiger partial charge in [-0.15, -0.1) is 11.3 Å². The molecule has 0 spiro atoms. The van der Waals surface area contributed by atoms with Crippen molar-refractivity contribution in [1.29, 1.82) is 0 Å². The zero-order chi connectivity index (χ0) is 16.1. The maximum Gasteiger partial charge on any atom is 0.119 e. The second kappa shape index (κ2) is 8.29. The SMILES string of the molecule is COc1cccc(C(CNCc2cc(Br)cs2)N2CCCC2)c1. The Bertz CT molecular complexity index is 625. The Balaban J connectivity index is 1.67. The lowest BCUT2D eigenvalue weighted by Gasteiger charge is -2.28. The second-order valence-electron chi connectivity index (χ2n) is 5.90. The topological polar surface area (TPSA) is 24.5 Å². The van der Waals surface area contributed by atoms with Gasteiger partial charge in [0.2, 0.25) is 0 Å². The van der Waals surface area contributed by atoms with Crippen molar-refractivity contribution in [3.8, 4) is 5.75 Å². The maximum absolute atomic E-state index is 5.40. The van der Waals surface area contributed by atoms with E-state index < -0.39 is 0 Å². The third-order valence-corrected chi connectivity index (χ3v) is 6.02. The average Bonchev–Trinajstić information content (AvgIpc) is 3.23. The lowest BCUT2D eigenvalue weighted by atomic mass is 10.0. The lowest BCUT2D eigenvalue weighted by molar-refractivity contribution is 0.238. The molecule has 2 heterocycles. The first kappa shape index (κ1) is 17.0. The molecule has 0 bridgehead atoms. The summed E-state index contributed by atoms with van der Waals surface area (Å²) in [6.45, 7) is 4.26. The Morgan fingerprint density at radius 1 is 1.30 bits per heavy atom. The molecule has 0 radical (unpaired) electrons. The number of benzene rings is 1. The van der Waals surface area contributed by atoms with Gasteiger partial charge < -0.3 is 10.1 Å². The zero-order valence-electron chi connectivity index (χ0n) is 13.4. The number of thiophene rings is 1. The second-order valence-corrected chi connectivity index (χ2v) is 7.81. The number of halogens is 1. The molecule has 1 atom stereocenters. The first-order valence-electron chi connectivity index (χ1n) is 8.08. The average molecular weight is 395 g/mol. The van der Waals surface area contributed by atoms with E-state index in [4.69, 9.17) is 4.74 Å². The highest BCUT2D eigenvalue weighted by atomic mass is 79.9. The summed E-state index contributed by atoms with van der Waals surface area (Å²) >= 11 is 5.31. The summed E-state index contributed by atoms with van der Waals surface area (Å²) in [5.74, 6) is 0.939. The third kappa shape index (κ3) is 4.57. The van der Waals surface area contributed by atoms with Crippen LogP contribution >= 0.6 is 27.3 Å². The largest absolute Gasteiger partial charge is 0.497 e. The van der Waals surface area contributed by atoms with Crippen molar-refractivity contribution in [2.45, 2.75) is 25.4 Å². The molecule has 1 aromatic heterocycles. The summed E-state index contributed by atoms with van der Waals surface area (Å²) in [4.78, 5) is 3.95. The molecule has 23 heavy (non-hydrogen) atoms. The van der Waals surface area contributed by atoms with Crippen LogP contribution in [0.15, 0.2) is 40.2 Å².